The number of ether oxygens (including phenoxy) is 1. The Kier molecular flexibility index (Phi) is 7.83. The number of aliphatic hydroxyl groups is 1. The fourth-order valence-electron chi connectivity index (χ4n) is 4.00. The van der Waals surface area contributed by atoms with Crippen LogP contribution in [0.5, 0.6) is 0 Å². The largest absolute Gasteiger partial charge is 0.480 e. The topological polar surface area (TPSA) is 125 Å². The van der Waals surface area contributed by atoms with E-state index in [1.54, 1.807) is 0 Å². The second kappa shape index (κ2) is 10.8. The first kappa shape index (κ1) is 23.3. The van der Waals surface area contributed by atoms with Crippen LogP contribution in [0.3, 0.4) is 0 Å². The van der Waals surface area contributed by atoms with Crippen LogP contribution in [0.4, 0.5) is 4.79 Å². The van der Waals surface area contributed by atoms with Crippen molar-refractivity contribution in [1.29, 1.82) is 0 Å². The molecule has 8 nitrogen and oxygen atoms in total. The predicted octanol–water partition coefficient (Wildman–Crippen LogP) is 2.65. The number of hydrogen-bond acceptors (Lipinski definition) is 5. The molecule has 0 radical (unpaired) electrons. The number of rotatable bonds is 10. The van der Waals surface area contributed by atoms with Gasteiger partial charge in [0.2, 0.25) is 5.91 Å². The molecule has 0 saturated carbocycles. The van der Waals surface area contributed by atoms with Gasteiger partial charge in [-0.05, 0) is 28.7 Å². The molecule has 170 valence electrons. The summed E-state index contributed by atoms with van der Waals surface area (Å²) < 4.78 is 5.48. The van der Waals surface area contributed by atoms with E-state index in [2.05, 4.69) is 10.6 Å². The molecule has 2 atom stereocenters. The summed E-state index contributed by atoms with van der Waals surface area (Å²) in [5.74, 6) is -1.97. The molecule has 0 aromatic heterocycles. The second-order valence-corrected chi connectivity index (χ2v) is 7.72. The Labute approximate surface area is 186 Å². The molecule has 2 aromatic rings. The van der Waals surface area contributed by atoms with Gasteiger partial charge in [-0.25, -0.2) is 9.59 Å². The molecular weight excluding hydrogens is 412 g/mol. The van der Waals surface area contributed by atoms with E-state index in [1.165, 1.54) is 0 Å². The Morgan fingerprint density at radius 1 is 0.938 bits per heavy atom. The van der Waals surface area contributed by atoms with Crippen molar-refractivity contribution in [2.75, 3.05) is 13.2 Å². The van der Waals surface area contributed by atoms with Crippen molar-refractivity contribution in [2.45, 2.75) is 44.2 Å². The number of carboxylic acid groups (broad SMARTS) is 1. The predicted molar refractivity (Wildman–Crippen MR) is 118 cm³/mol. The highest BCUT2D eigenvalue weighted by molar-refractivity contribution is 5.89. The van der Waals surface area contributed by atoms with Crippen LogP contribution in [-0.4, -0.2) is 53.5 Å². The minimum absolute atomic E-state index is 0.104. The highest BCUT2D eigenvalue weighted by Crippen LogP contribution is 2.44. The van der Waals surface area contributed by atoms with Crippen LogP contribution in [0.15, 0.2) is 48.5 Å². The average molecular weight is 440 g/mol. The summed E-state index contributed by atoms with van der Waals surface area (Å²) >= 11 is 0. The molecule has 0 saturated heterocycles. The van der Waals surface area contributed by atoms with E-state index >= 15 is 0 Å². The molecule has 0 heterocycles. The van der Waals surface area contributed by atoms with Crippen molar-refractivity contribution in [1.82, 2.24) is 10.6 Å². The van der Waals surface area contributed by atoms with E-state index in [9.17, 15) is 19.5 Å². The van der Waals surface area contributed by atoms with E-state index in [4.69, 9.17) is 9.84 Å². The molecular formula is C24H28N2O6. The van der Waals surface area contributed by atoms with E-state index in [0.29, 0.717) is 12.8 Å². The lowest BCUT2D eigenvalue weighted by Gasteiger charge is -2.21. The van der Waals surface area contributed by atoms with Gasteiger partial charge in [0.25, 0.3) is 0 Å². The van der Waals surface area contributed by atoms with Crippen molar-refractivity contribution >= 4 is 18.0 Å². The van der Waals surface area contributed by atoms with Gasteiger partial charge in [0, 0.05) is 18.9 Å². The van der Waals surface area contributed by atoms with Crippen molar-refractivity contribution < 1.29 is 29.3 Å². The monoisotopic (exact) mass is 440 g/mol. The van der Waals surface area contributed by atoms with Gasteiger partial charge in [0.1, 0.15) is 18.7 Å². The van der Waals surface area contributed by atoms with E-state index in [0.717, 1.165) is 22.3 Å². The molecule has 1 aliphatic carbocycles. The summed E-state index contributed by atoms with van der Waals surface area (Å²) in [5.41, 5.74) is 4.39. The lowest BCUT2D eigenvalue weighted by molar-refractivity contribution is -0.142. The zero-order valence-corrected chi connectivity index (χ0v) is 17.9. The molecule has 0 bridgehead atoms. The molecule has 0 fully saturated rings. The number of hydrogen-bond donors (Lipinski definition) is 4. The maximum atomic E-state index is 12.5. The molecule has 4 N–H and O–H groups in total. The van der Waals surface area contributed by atoms with E-state index in [1.807, 2.05) is 55.5 Å². The second-order valence-electron chi connectivity index (χ2n) is 7.72. The number of aliphatic hydroxyl groups excluding tert-OH is 1. The molecule has 8 heteroatoms. The number of carbonyl (C=O) groups excluding carboxylic acids is 2. The Morgan fingerprint density at radius 3 is 2.06 bits per heavy atom. The van der Waals surface area contributed by atoms with Crippen LogP contribution in [0, 0.1) is 0 Å². The summed E-state index contributed by atoms with van der Waals surface area (Å²) in [4.78, 5) is 36.2. The summed E-state index contributed by atoms with van der Waals surface area (Å²) in [6, 6.07) is 13.8. The van der Waals surface area contributed by atoms with E-state index in [-0.39, 0.29) is 25.6 Å². The van der Waals surface area contributed by atoms with Crippen LogP contribution in [0.1, 0.15) is 43.2 Å². The van der Waals surface area contributed by atoms with Gasteiger partial charge in [-0.15, -0.1) is 0 Å². The number of carbonyl (C=O) groups is 3. The van der Waals surface area contributed by atoms with Crippen LogP contribution in [-0.2, 0) is 14.3 Å². The number of nitrogens with one attached hydrogen (secondary N) is 2. The van der Waals surface area contributed by atoms with E-state index < -0.39 is 30.1 Å². The highest BCUT2D eigenvalue weighted by atomic mass is 16.5. The minimum atomic E-state index is -1.25. The third-order valence-electron chi connectivity index (χ3n) is 5.56. The molecule has 1 unspecified atom stereocenters. The van der Waals surface area contributed by atoms with Crippen LogP contribution in [0.2, 0.25) is 0 Å². The number of aliphatic carboxylic acids is 1. The quantitative estimate of drug-likeness (QED) is 0.450. The first-order valence-electron chi connectivity index (χ1n) is 10.7. The minimum Gasteiger partial charge on any atom is -0.480 e. The third-order valence-corrected chi connectivity index (χ3v) is 5.56. The van der Waals surface area contributed by atoms with Gasteiger partial charge in [0.15, 0.2) is 0 Å². The van der Waals surface area contributed by atoms with Gasteiger partial charge in [-0.1, -0.05) is 61.9 Å². The lowest BCUT2D eigenvalue weighted by atomic mass is 9.98. The average Bonchev–Trinajstić information content (AvgIpc) is 3.10. The lowest BCUT2D eigenvalue weighted by Crippen LogP contribution is -2.52. The molecule has 1 aliphatic rings. The van der Waals surface area contributed by atoms with Gasteiger partial charge < -0.3 is 25.6 Å². The van der Waals surface area contributed by atoms with Crippen molar-refractivity contribution in [2.24, 2.45) is 0 Å². The zero-order valence-electron chi connectivity index (χ0n) is 17.9. The van der Waals surface area contributed by atoms with Crippen LogP contribution in [0.25, 0.3) is 11.1 Å². The van der Waals surface area contributed by atoms with Crippen LogP contribution < -0.4 is 10.6 Å². The number of fused-ring (bicyclic) bond motifs is 3. The maximum Gasteiger partial charge on any atom is 0.407 e. The Bertz CT molecular complexity index is 931. The van der Waals surface area contributed by atoms with Gasteiger partial charge in [-0.3, -0.25) is 4.79 Å². The Balaban J connectivity index is 1.64. The normalized spacial score (nSPS) is 14.1. The molecule has 0 spiro atoms. The van der Waals surface area contributed by atoms with Gasteiger partial charge in [-0.2, -0.15) is 0 Å². The maximum absolute atomic E-state index is 12.5. The van der Waals surface area contributed by atoms with Crippen molar-refractivity contribution in [3.05, 3.63) is 59.7 Å². The molecule has 32 heavy (non-hydrogen) atoms. The smallest absolute Gasteiger partial charge is 0.407 e. The molecule has 3 rings (SSSR count). The van der Waals surface area contributed by atoms with Crippen molar-refractivity contribution in [3.8, 4) is 11.1 Å². The SMILES string of the molecule is CCC[C@@H](NC(=O)OCC1c2ccccc2-c2ccccc21)C(=O)NC(CCO)C(=O)O. The Hall–Kier alpha value is -3.39. The number of amides is 2. The molecule has 0 aliphatic heterocycles. The number of benzene rings is 2. The molecule has 2 aromatic carbocycles. The first-order valence-corrected chi connectivity index (χ1v) is 10.7. The summed E-state index contributed by atoms with van der Waals surface area (Å²) in [6.07, 6.45) is 0.0562. The fourth-order valence-corrected chi connectivity index (χ4v) is 4.00. The summed E-state index contributed by atoms with van der Waals surface area (Å²) in [6.45, 7) is 1.58. The standard InChI is InChI=1S/C24H28N2O6/c1-2-7-20(22(28)25-21(12-13-27)23(29)30)26-24(31)32-14-19-17-10-5-3-8-15(17)16-9-4-6-11-18(16)19/h3-6,8-11,19-21,27H,2,7,12-14H2,1H3,(H,25,28)(H,26,31)(H,29,30)/t20-,21?/m1/s1. The first-order chi connectivity index (χ1) is 15.5. The Morgan fingerprint density at radius 2 is 1.53 bits per heavy atom. The van der Waals surface area contributed by atoms with Gasteiger partial charge in [0.05, 0.1) is 0 Å². The fraction of sp³-hybridized carbons (Fsp3) is 0.375. The number of alkyl carbamates (subject to hydrolysis) is 1. The van der Waals surface area contributed by atoms with Crippen LogP contribution >= 0.6 is 0 Å². The summed E-state index contributed by atoms with van der Waals surface area (Å²) in [5, 5.41) is 23.1. The number of carboxylic acids is 1. The zero-order chi connectivity index (χ0) is 23.1. The molecule has 2 amide bonds. The highest BCUT2D eigenvalue weighted by Gasteiger charge is 2.30. The summed E-state index contributed by atoms with van der Waals surface area (Å²) in [7, 11) is 0. The van der Waals surface area contributed by atoms with Crippen molar-refractivity contribution in [3.63, 3.8) is 0 Å². The third kappa shape index (κ3) is 5.26. The van der Waals surface area contributed by atoms with Gasteiger partial charge >= 0.3 is 12.1 Å².